The molecule has 0 spiro atoms. The molecule has 1 aliphatic heterocycles. The van der Waals surface area contributed by atoms with Crippen molar-refractivity contribution in [3.63, 3.8) is 0 Å². The third-order valence-corrected chi connectivity index (χ3v) is 4.44. The highest BCUT2D eigenvalue weighted by Crippen LogP contribution is 2.17. The lowest BCUT2D eigenvalue weighted by Gasteiger charge is -2.36. The molecule has 0 aliphatic carbocycles. The van der Waals surface area contributed by atoms with Crippen LogP contribution in [0.25, 0.3) is 0 Å². The van der Waals surface area contributed by atoms with E-state index in [-0.39, 0.29) is 18.3 Å². The minimum atomic E-state index is -0.497. The maximum Gasteiger partial charge on any atom is 0.338 e. The Labute approximate surface area is 152 Å². The average Bonchev–Trinajstić information content (AvgIpc) is 2.67. The number of aryl methyl sites for hydroxylation is 1. The number of carbonyl (C=O) groups is 2. The first-order valence-electron chi connectivity index (χ1n) is 8.55. The van der Waals surface area contributed by atoms with Crippen molar-refractivity contribution >= 4 is 17.6 Å². The molecule has 0 saturated carbocycles. The van der Waals surface area contributed by atoms with Crippen molar-refractivity contribution in [2.45, 2.75) is 6.92 Å². The van der Waals surface area contributed by atoms with Gasteiger partial charge in [0.1, 0.15) is 5.82 Å². The molecule has 1 fully saturated rings. The zero-order chi connectivity index (χ0) is 18.5. The second kappa shape index (κ2) is 7.99. The first-order chi connectivity index (χ1) is 12.5. The summed E-state index contributed by atoms with van der Waals surface area (Å²) in [4.78, 5) is 28.0. The van der Waals surface area contributed by atoms with E-state index in [2.05, 4.69) is 4.90 Å². The van der Waals surface area contributed by atoms with Crippen molar-refractivity contribution in [1.82, 2.24) is 4.90 Å². The standard InChI is InChI=1S/C20H21FN2O3/c1-15-2-4-16(5-3-15)20(25)26-14-19(24)23-12-10-22(11-13-23)18-8-6-17(21)7-9-18/h2-9H,10-14H2,1H3. The number of anilines is 1. The van der Waals surface area contributed by atoms with Crippen LogP contribution in [0.5, 0.6) is 0 Å². The fourth-order valence-corrected chi connectivity index (χ4v) is 2.86. The summed E-state index contributed by atoms with van der Waals surface area (Å²) in [6.07, 6.45) is 0. The van der Waals surface area contributed by atoms with E-state index in [9.17, 15) is 14.0 Å². The molecule has 0 N–H and O–H groups in total. The minimum absolute atomic E-state index is 0.204. The molecule has 2 aromatic rings. The first kappa shape index (κ1) is 17.9. The van der Waals surface area contributed by atoms with Gasteiger partial charge in [-0.05, 0) is 43.3 Å². The summed E-state index contributed by atoms with van der Waals surface area (Å²) >= 11 is 0. The molecule has 1 heterocycles. The van der Waals surface area contributed by atoms with Crippen molar-refractivity contribution in [2.75, 3.05) is 37.7 Å². The van der Waals surface area contributed by atoms with Crippen LogP contribution in [0.3, 0.4) is 0 Å². The van der Waals surface area contributed by atoms with Gasteiger partial charge in [-0.15, -0.1) is 0 Å². The second-order valence-electron chi connectivity index (χ2n) is 6.29. The van der Waals surface area contributed by atoms with Crippen LogP contribution in [-0.2, 0) is 9.53 Å². The average molecular weight is 356 g/mol. The fourth-order valence-electron chi connectivity index (χ4n) is 2.86. The molecule has 0 unspecified atom stereocenters. The topological polar surface area (TPSA) is 49.9 Å². The van der Waals surface area contributed by atoms with E-state index in [0.717, 1.165) is 11.3 Å². The summed E-state index contributed by atoms with van der Waals surface area (Å²) in [7, 11) is 0. The molecule has 1 amide bonds. The molecule has 2 aromatic carbocycles. The highest BCUT2D eigenvalue weighted by Gasteiger charge is 2.22. The highest BCUT2D eigenvalue weighted by molar-refractivity contribution is 5.91. The number of benzene rings is 2. The SMILES string of the molecule is Cc1ccc(C(=O)OCC(=O)N2CCN(c3ccc(F)cc3)CC2)cc1. The Morgan fingerprint density at radius 2 is 1.58 bits per heavy atom. The maximum absolute atomic E-state index is 13.0. The Balaban J connectivity index is 1.47. The molecule has 0 aromatic heterocycles. The predicted molar refractivity (Wildman–Crippen MR) is 96.7 cm³/mol. The van der Waals surface area contributed by atoms with E-state index in [1.165, 1.54) is 12.1 Å². The smallest absolute Gasteiger partial charge is 0.338 e. The molecule has 3 rings (SSSR count). The number of nitrogens with zero attached hydrogens (tertiary/aromatic N) is 2. The predicted octanol–water partition coefficient (Wildman–Crippen LogP) is 2.64. The van der Waals surface area contributed by atoms with Crippen molar-refractivity contribution in [1.29, 1.82) is 0 Å². The van der Waals surface area contributed by atoms with Crippen molar-refractivity contribution < 1.29 is 18.7 Å². The van der Waals surface area contributed by atoms with E-state index >= 15 is 0 Å². The second-order valence-corrected chi connectivity index (χ2v) is 6.29. The third-order valence-electron chi connectivity index (χ3n) is 4.44. The molecule has 1 aliphatic rings. The highest BCUT2D eigenvalue weighted by atomic mass is 19.1. The van der Waals surface area contributed by atoms with Crippen LogP contribution >= 0.6 is 0 Å². The van der Waals surface area contributed by atoms with Crippen LogP contribution in [0.2, 0.25) is 0 Å². The summed E-state index contributed by atoms with van der Waals surface area (Å²) in [5, 5.41) is 0. The van der Waals surface area contributed by atoms with Gasteiger partial charge in [0.2, 0.25) is 0 Å². The van der Waals surface area contributed by atoms with Gasteiger partial charge in [0.15, 0.2) is 6.61 Å². The number of esters is 1. The van der Waals surface area contributed by atoms with Crippen molar-refractivity contribution in [3.05, 3.63) is 65.5 Å². The zero-order valence-electron chi connectivity index (χ0n) is 14.7. The Kier molecular flexibility index (Phi) is 5.51. The maximum atomic E-state index is 13.0. The molecule has 136 valence electrons. The molecule has 0 atom stereocenters. The molecular formula is C20H21FN2O3. The van der Waals surface area contributed by atoms with Gasteiger partial charge in [0, 0.05) is 31.9 Å². The number of hydrogen-bond acceptors (Lipinski definition) is 4. The number of ether oxygens (including phenoxy) is 1. The molecule has 5 nitrogen and oxygen atoms in total. The third kappa shape index (κ3) is 4.39. The van der Waals surface area contributed by atoms with Crippen LogP contribution in [0.15, 0.2) is 48.5 Å². The Hall–Kier alpha value is -2.89. The van der Waals surface area contributed by atoms with Gasteiger partial charge in [0.05, 0.1) is 5.56 Å². The number of halogens is 1. The van der Waals surface area contributed by atoms with E-state index in [1.807, 2.05) is 19.1 Å². The van der Waals surface area contributed by atoms with Gasteiger partial charge in [-0.2, -0.15) is 0 Å². The quantitative estimate of drug-likeness (QED) is 0.791. The van der Waals surface area contributed by atoms with E-state index < -0.39 is 5.97 Å². The van der Waals surface area contributed by atoms with Crippen molar-refractivity contribution in [2.24, 2.45) is 0 Å². The summed E-state index contributed by atoms with van der Waals surface area (Å²) in [5.41, 5.74) is 2.42. The molecule has 0 bridgehead atoms. The first-order valence-corrected chi connectivity index (χ1v) is 8.55. The number of amides is 1. The Morgan fingerprint density at radius 3 is 2.19 bits per heavy atom. The minimum Gasteiger partial charge on any atom is -0.452 e. The van der Waals surface area contributed by atoms with Gasteiger partial charge in [-0.3, -0.25) is 4.79 Å². The molecule has 26 heavy (non-hydrogen) atoms. The fraction of sp³-hybridized carbons (Fsp3) is 0.300. The molecule has 6 heteroatoms. The lowest BCUT2D eigenvalue weighted by atomic mass is 10.1. The van der Waals surface area contributed by atoms with Crippen LogP contribution in [0.1, 0.15) is 15.9 Å². The lowest BCUT2D eigenvalue weighted by Crippen LogP contribution is -2.49. The number of piperazine rings is 1. The van der Waals surface area contributed by atoms with Crippen LogP contribution < -0.4 is 4.90 Å². The summed E-state index contributed by atoms with van der Waals surface area (Å²) < 4.78 is 18.1. The Morgan fingerprint density at radius 1 is 0.962 bits per heavy atom. The molecule has 1 saturated heterocycles. The largest absolute Gasteiger partial charge is 0.452 e. The monoisotopic (exact) mass is 356 g/mol. The van der Waals surface area contributed by atoms with Gasteiger partial charge in [-0.1, -0.05) is 17.7 Å². The Bertz CT molecular complexity index is 767. The summed E-state index contributed by atoms with van der Waals surface area (Å²) in [5.74, 6) is -0.967. The molecular weight excluding hydrogens is 335 g/mol. The van der Waals surface area contributed by atoms with E-state index in [0.29, 0.717) is 31.7 Å². The van der Waals surface area contributed by atoms with E-state index in [4.69, 9.17) is 4.74 Å². The van der Waals surface area contributed by atoms with Crippen LogP contribution in [-0.4, -0.2) is 49.6 Å². The van der Waals surface area contributed by atoms with Gasteiger partial charge >= 0.3 is 5.97 Å². The molecule has 0 radical (unpaired) electrons. The zero-order valence-corrected chi connectivity index (χ0v) is 14.7. The lowest BCUT2D eigenvalue weighted by molar-refractivity contribution is -0.134. The summed E-state index contributed by atoms with van der Waals surface area (Å²) in [6.45, 7) is 4.07. The van der Waals surface area contributed by atoms with E-state index in [1.54, 1.807) is 29.2 Å². The number of carbonyl (C=O) groups excluding carboxylic acids is 2. The normalized spacial score (nSPS) is 14.2. The van der Waals surface area contributed by atoms with Gasteiger partial charge in [0.25, 0.3) is 5.91 Å². The number of rotatable bonds is 4. The van der Waals surface area contributed by atoms with Crippen molar-refractivity contribution in [3.8, 4) is 0 Å². The van der Waals surface area contributed by atoms with Gasteiger partial charge in [-0.25, -0.2) is 9.18 Å². The number of hydrogen-bond donors (Lipinski definition) is 0. The van der Waals surface area contributed by atoms with Gasteiger partial charge < -0.3 is 14.5 Å². The van der Waals surface area contributed by atoms with Crippen LogP contribution in [0.4, 0.5) is 10.1 Å². The summed E-state index contributed by atoms with van der Waals surface area (Å²) in [6, 6.07) is 13.3. The van der Waals surface area contributed by atoms with Crippen LogP contribution in [0, 0.1) is 12.7 Å².